The molecule has 1 fully saturated rings. The quantitative estimate of drug-likeness (QED) is 0.524. The highest BCUT2D eigenvalue weighted by Gasteiger charge is 2.32. The lowest BCUT2D eigenvalue weighted by molar-refractivity contribution is -0.0799. The molecule has 66 valence electrons. The van der Waals surface area contributed by atoms with Crippen LogP contribution in [0.5, 0.6) is 0 Å². The van der Waals surface area contributed by atoms with E-state index in [9.17, 15) is 0 Å². The first-order chi connectivity index (χ1) is 5.02. The second kappa shape index (κ2) is 3.14. The van der Waals surface area contributed by atoms with Gasteiger partial charge in [0.05, 0.1) is 6.10 Å². The van der Waals surface area contributed by atoms with Crippen molar-refractivity contribution in [3.05, 3.63) is 0 Å². The van der Waals surface area contributed by atoms with Crippen molar-refractivity contribution in [1.29, 1.82) is 0 Å². The van der Waals surface area contributed by atoms with Gasteiger partial charge in [0.2, 0.25) is 0 Å². The molecule has 0 amide bonds. The molecule has 1 heteroatoms. The van der Waals surface area contributed by atoms with Crippen LogP contribution in [0.15, 0.2) is 0 Å². The fourth-order valence-electron chi connectivity index (χ4n) is 2.03. The van der Waals surface area contributed by atoms with Crippen molar-refractivity contribution in [2.75, 3.05) is 6.61 Å². The van der Waals surface area contributed by atoms with E-state index in [1.54, 1.807) is 0 Å². The molecule has 0 saturated carbocycles. The first kappa shape index (κ1) is 9.05. The Labute approximate surface area is 70.1 Å². The first-order valence-electron chi connectivity index (χ1n) is 4.63. The Morgan fingerprint density at radius 2 is 1.91 bits per heavy atom. The van der Waals surface area contributed by atoms with Gasteiger partial charge in [-0.05, 0) is 24.2 Å². The van der Waals surface area contributed by atoms with Gasteiger partial charge in [0.1, 0.15) is 0 Å². The van der Waals surface area contributed by atoms with E-state index < -0.39 is 0 Å². The molecule has 1 nitrogen and oxygen atoms in total. The summed E-state index contributed by atoms with van der Waals surface area (Å²) in [5.74, 6) is 0.740. The van der Waals surface area contributed by atoms with Crippen molar-refractivity contribution >= 4 is 0 Å². The van der Waals surface area contributed by atoms with Gasteiger partial charge in [-0.1, -0.05) is 27.7 Å². The van der Waals surface area contributed by atoms with Crippen molar-refractivity contribution in [3.63, 3.8) is 0 Å². The lowest BCUT2D eigenvalue weighted by Crippen LogP contribution is -2.38. The Balaban J connectivity index is 2.55. The SMILES string of the molecule is CC1CCCOC1C(C)(C)C. The average molecular weight is 156 g/mol. The zero-order chi connectivity index (χ0) is 8.48. The number of rotatable bonds is 0. The predicted octanol–water partition coefficient (Wildman–Crippen LogP) is 2.85. The van der Waals surface area contributed by atoms with Crippen LogP contribution in [-0.4, -0.2) is 12.7 Å². The highest BCUT2D eigenvalue weighted by Crippen LogP contribution is 2.33. The largest absolute Gasteiger partial charge is 0.377 e. The number of ether oxygens (including phenoxy) is 1. The predicted molar refractivity (Wildman–Crippen MR) is 47.6 cm³/mol. The van der Waals surface area contributed by atoms with Gasteiger partial charge in [0, 0.05) is 6.61 Å². The molecular weight excluding hydrogens is 136 g/mol. The zero-order valence-electron chi connectivity index (χ0n) is 8.18. The van der Waals surface area contributed by atoms with Gasteiger partial charge in [-0.15, -0.1) is 0 Å². The van der Waals surface area contributed by atoms with Crippen LogP contribution < -0.4 is 0 Å². The number of hydrogen-bond acceptors (Lipinski definition) is 1. The van der Waals surface area contributed by atoms with Gasteiger partial charge in [-0.25, -0.2) is 0 Å². The molecular formula is C10H20O. The Kier molecular flexibility index (Phi) is 2.58. The minimum Gasteiger partial charge on any atom is -0.377 e. The summed E-state index contributed by atoms with van der Waals surface area (Å²) < 4.78 is 5.75. The van der Waals surface area contributed by atoms with E-state index in [1.165, 1.54) is 12.8 Å². The van der Waals surface area contributed by atoms with Gasteiger partial charge in [0.15, 0.2) is 0 Å². The molecule has 0 aromatic carbocycles. The van der Waals surface area contributed by atoms with E-state index in [0.717, 1.165) is 12.5 Å². The summed E-state index contributed by atoms with van der Waals surface area (Å²) in [7, 11) is 0. The standard InChI is InChI=1S/C10H20O/c1-8-6-5-7-11-9(8)10(2,3)4/h8-9H,5-7H2,1-4H3. The van der Waals surface area contributed by atoms with Crippen LogP contribution in [0.25, 0.3) is 0 Å². The second-order valence-electron chi connectivity index (χ2n) is 4.78. The maximum atomic E-state index is 5.75. The molecule has 1 rings (SSSR count). The summed E-state index contributed by atoms with van der Waals surface area (Å²) in [5, 5.41) is 0. The van der Waals surface area contributed by atoms with Crippen molar-refractivity contribution in [3.8, 4) is 0 Å². The van der Waals surface area contributed by atoms with Crippen LogP contribution in [0.2, 0.25) is 0 Å². The van der Waals surface area contributed by atoms with Crippen molar-refractivity contribution < 1.29 is 4.74 Å². The highest BCUT2D eigenvalue weighted by atomic mass is 16.5. The normalized spacial score (nSPS) is 33.8. The van der Waals surface area contributed by atoms with Gasteiger partial charge >= 0.3 is 0 Å². The molecule has 1 aliphatic rings. The van der Waals surface area contributed by atoms with Crippen LogP contribution in [0.3, 0.4) is 0 Å². The third-order valence-electron chi connectivity index (χ3n) is 2.47. The van der Waals surface area contributed by atoms with E-state index >= 15 is 0 Å². The number of hydrogen-bond donors (Lipinski definition) is 0. The summed E-state index contributed by atoms with van der Waals surface area (Å²) in [6.45, 7) is 10.1. The Morgan fingerprint density at radius 3 is 2.27 bits per heavy atom. The van der Waals surface area contributed by atoms with Crippen LogP contribution >= 0.6 is 0 Å². The van der Waals surface area contributed by atoms with Gasteiger partial charge < -0.3 is 4.74 Å². The molecule has 1 saturated heterocycles. The Bertz CT molecular complexity index is 123. The molecule has 0 aromatic heterocycles. The smallest absolute Gasteiger partial charge is 0.0648 e. The molecule has 2 atom stereocenters. The Hall–Kier alpha value is -0.0400. The van der Waals surface area contributed by atoms with Gasteiger partial charge in [0.25, 0.3) is 0 Å². The first-order valence-corrected chi connectivity index (χ1v) is 4.63. The van der Waals surface area contributed by atoms with Crippen LogP contribution in [0.4, 0.5) is 0 Å². The fraction of sp³-hybridized carbons (Fsp3) is 1.00. The molecule has 0 aromatic rings. The van der Waals surface area contributed by atoms with Crippen LogP contribution in [-0.2, 0) is 4.74 Å². The summed E-state index contributed by atoms with van der Waals surface area (Å²) in [5.41, 5.74) is 0.319. The highest BCUT2D eigenvalue weighted by molar-refractivity contribution is 4.81. The van der Waals surface area contributed by atoms with Gasteiger partial charge in [-0.2, -0.15) is 0 Å². The molecule has 0 bridgehead atoms. The molecule has 0 spiro atoms. The Morgan fingerprint density at radius 1 is 1.27 bits per heavy atom. The maximum absolute atomic E-state index is 5.75. The van der Waals surface area contributed by atoms with Crippen molar-refractivity contribution in [1.82, 2.24) is 0 Å². The molecule has 11 heavy (non-hydrogen) atoms. The molecule has 2 unspecified atom stereocenters. The topological polar surface area (TPSA) is 9.23 Å². The average Bonchev–Trinajstić information content (AvgIpc) is 1.86. The summed E-state index contributed by atoms with van der Waals surface area (Å²) in [6, 6.07) is 0. The monoisotopic (exact) mass is 156 g/mol. The third-order valence-corrected chi connectivity index (χ3v) is 2.47. The summed E-state index contributed by atoms with van der Waals surface area (Å²) in [6.07, 6.45) is 3.05. The lowest BCUT2D eigenvalue weighted by atomic mass is 9.79. The summed E-state index contributed by atoms with van der Waals surface area (Å²) in [4.78, 5) is 0. The van der Waals surface area contributed by atoms with E-state index in [0.29, 0.717) is 11.5 Å². The fourth-order valence-corrected chi connectivity index (χ4v) is 2.03. The van der Waals surface area contributed by atoms with Crippen molar-refractivity contribution in [2.24, 2.45) is 11.3 Å². The molecule has 0 N–H and O–H groups in total. The van der Waals surface area contributed by atoms with Crippen LogP contribution in [0, 0.1) is 11.3 Å². The zero-order valence-corrected chi connectivity index (χ0v) is 8.18. The molecule has 0 aliphatic carbocycles. The summed E-state index contributed by atoms with van der Waals surface area (Å²) >= 11 is 0. The molecule has 1 heterocycles. The molecule has 0 radical (unpaired) electrons. The van der Waals surface area contributed by atoms with Crippen LogP contribution in [0.1, 0.15) is 40.5 Å². The maximum Gasteiger partial charge on any atom is 0.0648 e. The van der Waals surface area contributed by atoms with E-state index in [4.69, 9.17) is 4.74 Å². The van der Waals surface area contributed by atoms with E-state index in [2.05, 4.69) is 27.7 Å². The molecule has 1 aliphatic heterocycles. The van der Waals surface area contributed by atoms with Gasteiger partial charge in [-0.3, -0.25) is 0 Å². The van der Waals surface area contributed by atoms with E-state index in [-0.39, 0.29) is 0 Å². The van der Waals surface area contributed by atoms with Crippen molar-refractivity contribution in [2.45, 2.75) is 46.6 Å². The second-order valence-corrected chi connectivity index (χ2v) is 4.78. The van der Waals surface area contributed by atoms with E-state index in [1.807, 2.05) is 0 Å². The lowest BCUT2D eigenvalue weighted by Gasteiger charge is -2.38. The minimum atomic E-state index is 0.319. The third kappa shape index (κ3) is 2.19. The minimum absolute atomic E-state index is 0.319.